The minimum atomic E-state index is 0.650. The summed E-state index contributed by atoms with van der Waals surface area (Å²) in [5.41, 5.74) is 8.32. The van der Waals surface area contributed by atoms with E-state index in [-0.39, 0.29) is 0 Å². The lowest BCUT2D eigenvalue weighted by molar-refractivity contribution is 0.753. The maximum absolute atomic E-state index is 5.67. The Morgan fingerprint density at radius 1 is 1.56 bits per heavy atom. The predicted molar refractivity (Wildman–Crippen MR) is 66.6 cm³/mol. The van der Waals surface area contributed by atoms with Crippen LogP contribution in [0.15, 0.2) is 18.5 Å². The molecular formula is C11H14N4S. The van der Waals surface area contributed by atoms with E-state index in [4.69, 9.17) is 5.73 Å². The van der Waals surface area contributed by atoms with Crippen molar-refractivity contribution in [3.63, 3.8) is 0 Å². The van der Waals surface area contributed by atoms with Crippen LogP contribution in [0.3, 0.4) is 0 Å². The Kier molecular flexibility index (Phi) is 2.47. The lowest BCUT2D eigenvalue weighted by Gasteiger charge is -2.03. The van der Waals surface area contributed by atoms with Gasteiger partial charge < -0.3 is 5.73 Å². The van der Waals surface area contributed by atoms with Crippen molar-refractivity contribution in [3.05, 3.63) is 24.2 Å². The Labute approximate surface area is 98.2 Å². The predicted octanol–water partition coefficient (Wildman–Crippen LogP) is 1.75. The summed E-state index contributed by atoms with van der Waals surface area (Å²) in [6.45, 7) is 0. The molecule has 2 aromatic rings. The zero-order valence-electron chi connectivity index (χ0n) is 8.97. The van der Waals surface area contributed by atoms with Crippen molar-refractivity contribution in [2.24, 2.45) is 0 Å². The van der Waals surface area contributed by atoms with Gasteiger partial charge in [-0.3, -0.25) is 0 Å². The third kappa shape index (κ3) is 1.87. The van der Waals surface area contributed by atoms with Crippen LogP contribution < -0.4 is 5.73 Å². The summed E-state index contributed by atoms with van der Waals surface area (Å²) in [5, 5.41) is 5.24. The number of rotatable bonds is 2. The molecule has 1 fully saturated rings. The smallest absolute Gasteiger partial charge is 0.155 e. The number of nitrogen functional groups attached to an aromatic ring is 1. The van der Waals surface area contributed by atoms with Crippen molar-refractivity contribution >= 4 is 23.1 Å². The molecule has 5 heteroatoms. The molecule has 0 radical (unpaired) electrons. The van der Waals surface area contributed by atoms with Crippen LogP contribution in [0.25, 0.3) is 5.65 Å². The van der Waals surface area contributed by atoms with E-state index in [2.05, 4.69) is 27.9 Å². The van der Waals surface area contributed by atoms with Gasteiger partial charge in [-0.05, 0) is 18.6 Å². The second-order valence-electron chi connectivity index (χ2n) is 4.16. The topological polar surface area (TPSA) is 56.2 Å². The number of fused-ring (bicyclic) bond motifs is 1. The van der Waals surface area contributed by atoms with Gasteiger partial charge in [-0.15, -0.1) is 0 Å². The van der Waals surface area contributed by atoms with Gasteiger partial charge in [0.25, 0.3) is 0 Å². The van der Waals surface area contributed by atoms with E-state index in [0.29, 0.717) is 5.69 Å². The quantitative estimate of drug-likeness (QED) is 0.860. The second kappa shape index (κ2) is 3.97. The van der Waals surface area contributed by atoms with Gasteiger partial charge in [0.15, 0.2) is 5.65 Å². The zero-order chi connectivity index (χ0) is 11.0. The molecule has 1 saturated heterocycles. The molecule has 0 spiro atoms. The third-order valence-electron chi connectivity index (χ3n) is 2.84. The van der Waals surface area contributed by atoms with Gasteiger partial charge in [-0.2, -0.15) is 16.9 Å². The van der Waals surface area contributed by atoms with Crippen LogP contribution in [0.2, 0.25) is 0 Å². The first kappa shape index (κ1) is 9.96. The lowest BCUT2D eigenvalue weighted by atomic mass is 10.1. The van der Waals surface area contributed by atoms with Crippen molar-refractivity contribution in [1.82, 2.24) is 14.6 Å². The average Bonchev–Trinajstić information content (AvgIpc) is 2.86. The summed E-state index contributed by atoms with van der Waals surface area (Å²) >= 11 is 2.06. The van der Waals surface area contributed by atoms with Gasteiger partial charge in [0.2, 0.25) is 0 Å². The molecule has 4 nitrogen and oxygen atoms in total. The van der Waals surface area contributed by atoms with E-state index in [1.165, 1.54) is 18.6 Å². The highest BCUT2D eigenvalue weighted by molar-refractivity contribution is 8.00. The van der Waals surface area contributed by atoms with Crippen LogP contribution >= 0.6 is 11.8 Å². The summed E-state index contributed by atoms with van der Waals surface area (Å²) in [5.74, 6) is 1.29. The number of nitrogens with two attached hydrogens (primary N) is 1. The minimum Gasteiger partial charge on any atom is -0.396 e. The van der Waals surface area contributed by atoms with Gasteiger partial charge in [0.1, 0.15) is 0 Å². The first-order valence-electron chi connectivity index (χ1n) is 5.53. The van der Waals surface area contributed by atoms with Crippen LogP contribution in [-0.4, -0.2) is 25.6 Å². The summed E-state index contributed by atoms with van der Waals surface area (Å²) in [6.07, 6.45) is 7.19. The minimum absolute atomic E-state index is 0.650. The van der Waals surface area contributed by atoms with Gasteiger partial charge >= 0.3 is 0 Å². The monoisotopic (exact) mass is 234 g/mol. The molecule has 0 bridgehead atoms. The molecule has 1 aliphatic rings. The largest absolute Gasteiger partial charge is 0.396 e. The summed E-state index contributed by atoms with van der Waals surface area (Å²) in [7, 11) is 0. The Morgan fingerprint density at radius 3 is 3.31 bits per heavy atom. The second-order valence-corrected chi connectivity index (χ2v) is 5.57. The fourth-order valence-corrected chi connectivity index (χ4v) is 3.37. The molecule has 0 saturated carbocycles. The Morgan fingerprint density at radius 2 is 2.50 bits per heavy atom. The molecular weight excluding hydrogens is 220 g/mol. The van der Waals surface area contributed by atoms with Crippen molar-refractivity contribution in [1.29, 1.82) is 0 Å². The third-order valence-corrected chi connectivity index (χ3v) is 4.24. The number of anilines is 1. The fourth-order valence-electron chi connectivity index (χ4n) is 2.08. The van der Waals surface area contributed by atoms with Crippen LogP contribution in [0.5, 0.6) is 0 Å². The normalized spacial score (nSPS) is 20.6. The Bertz CT molecular complexity index is 502. The van der Waals surface area contributed by atoms with Gasteiger partial charge in [-0.1, -0.05) is 0 Å². The highest BCUT2D eigenvalue weighted by Crippen LogP contribution is 2.28. The van der Waals surface area contributed by atoms with Crippen molar-refractivity contribution < 1.29 is 0 Å². The van der Waals surface area contributed by atoms with Gasteiger partial charge in [-0.25, -0.2) is 9.50 Å². The van der Waals surface area contributed by atoms with E-state index in [1.54, 1.807) is 10.7 Å². The lowest BCUT2D eigenvalue weighted by Crippen LogP contribution is -2.02. The van der Waals surface area contributed by atoms with Crippen molar-refractivity contribution in [2.45, 2.75) is 24.5 Å². The molecule has 0 amide bonds. The molecule has 1 atom stereocenters. The molecule has 0 aromatic carbocycles. The molecule has 1 aliphatic heterocycles. The van der Waals surface area contributed by atoms with Crippen LogP contribution in [0.4, 0.5) is 5.69 Å². The van der Waals surface area contributed by atoms with E-state index in [0.717, 1.165) is 23.0 Å². The number of nitrogens with zero attached hydrogens (tertiary/aromatic N) is 3. The number of aromatic nitrogens is 3. The van der Waals surface area contributed by atoms with E-state index < -0.39 is 0 Å². The molecule has 2 aromatic heterocycles. The molecule has 3 rings (SSSR count). The standard InChI is InChI=1S/C11H14N4S/c12-8-6-13-11-5-9(14-15(11)7-8)4-10-2-1-3-16-10/h5-7,10H,1-4,12H2. The fraction of sp³-hybridized carbons (Fsp3) is 0.455. The first-order chi connectivity index (χ1) is 7.81. The Hall–Kier alpha value is -1.23. The maximum Gasteiger partial charge on any atom is 0.155 e. The summed E-state index contributed by atoms with van der Waals surface area (Å²) in [6, 6.07) is 2.05. The van der Waals surface area contributed by atoms with E-state index >= 15 is 0 Å². The van der Waals surface area contributed by atoms with Crippen LogP contribution in [-0.2, 0) is 6.42 Å². The first-order valence-corrected chi connectivity index (χ1v) is 6.57. The van der Waals surface area contributed by atoms with Crippen LogP contribution in [0.1, 0.15) is 18.5 Å². The number of thioether (sulfide) groups is 1. The van der Waals surface area contributed by atoms with Gasteiger partial charge in [0, 0.05) is 17.7 Å². The summed E-state index contributed by atoms with van der Waals surface area (Å²) in [4.78, 5) is 4.24. The van der Waals surface area contributed by atoms with E-state index in [1.807, 2.05) is 6.20 Å². The zero-order valence-corrected chi connectivity index (χ0v) is 9.78. The molecule has 1 unspecified atom stereocenters. The number of hydrogen-bond acceptors (Lipinski definition) is 4. The molecule has 2 N–H and O–H groups in total. The van der Waals surface area contributed by atoms with Crippen molar-refractivity contribution in [3.8, 4) is 0 Å². The highest BCUT2D eigenvalue weighted by Gasteiger charge is 2.17. The van der Waals surface area contributed by atoms with E-state index in [9.17, 15) is 0 Å². The SMILES string of the molecule is Nc1cnc2cc(CC3CCCS3)nn2c1. The molecule has 16 heavy (non-hydrogen) atoms. The Balaban J connectivity index is 1.86. The maximum atomic E-state index is 5.67. The summed E-state index contributed by atoms with van der Waals surface area (Å²) < 4.78 is 1.77. The molecule has 0 aliphatic carbocycles. The average molecular weight is 234 g/mol. The van der Waals surface area contributed by atoms with Crippen LogP contribution in [0, 0.1) is 0 Å². The molecule has 3 heterocycles. The number of hydrogen-bond donors (Lipinski definition) is 1. The van der Waals surface area contributed by atoms with Gasteiger partial charge in [0.05, 0.1) is 23.8 Å². The van der Waals surface area contributed by atoms with Crippen molar-refractivity contribution in [2.75, 3.05) is 11.5 Å². The highest BCUT2D eigenvalue weighted by atomic mass is 32.2. The molecule has 84 valence electrons.